The molecule has 2 aromatic heterocycles. The van der Waals surface area contributed by atoms with Crippen molar-refractivity contribution in [1.29, 1.82) is 0 Å². The average Bonchev–Trinajstić information content (AvgIpc) is 3.37. The molecule has 2 heterocycles. The summed E-state index contributed by atoms with van der Waals surface area (Å²) in [7, 11) is 0. The number of para-hydroxylation sites is 1. The zero-order valence-electron chi connectivity index (χ0n) is 14.9. The maximum atomic E-state index is 12.5. The first-order valence-electron chi connectivity index (χ1n) is 8.69. The highest BCUT2D eigenvalue weighted by Crippen LogP contribution is 2.28. The molecular weight excluding hydrogens is 352 g/mol. The molecule has 2 aromatic carbocycles. The zero-order chi connectivity index (χ0) is 18.6. The van der Waals surface area contributed by atoms with Gasteiger partial charge in [-0.25, -0.2) is 4.68 Å². The quantitative estimate of drug-likeness (QED) is 0.328. The molecule has 4 heteroatoms. The van der Waals surface area contributed by atoms with E-state index in [2.05, 4.69) is 0 Å². The van der Waals surface area contributed by atoms with Crippen LogP contribution in [-0.4, -0.2) is 15.6 Å². The standard InChI is InChI=1S/C23H18N2OS/c1-17-9-11-18(12-10-17)21(26)14-13-19-16-25(20-6-3-2-4-7-20)24-23(19)22-8-5-15-27-22/h2-16H,1H3/b14-13-. The minimum atomic E-state index is -0.0143. The van der Waals surface area contributed by atoms with Crippen molar-refractivity contribution < 1.29 is 4.79 Å². The van der Waals surface area contributed by atoms with Gasteiger partial charge in [0, 0.05) is 17.3 Å². The van der Waals surface area contributed by atoms with E-state index in [1.807, 2.05) is 96.0 Å². The van der Waals surface area contributed by atoms with E-state index < -0.39 is 0 Å². The molecule has 0 unspecified atom stereocenters. The number of carbonyl (C=O) groups is 1. The molecule has 0 N–H and O–H groups in total. The Kier molecular flexibility index (Phi) is 4.81. The van der Waals surface area contributed by atoms with Crippen molar-refractivity contribution in [3.63, 3.8) is 0 Å². The number of nitrogens with zero attached hydrogens (tertiary/aromatic N) is 2. The molecule has 0 bridgehead atoms. The topological polar surface area (TPSA) is 34.9 Å². The van der Waals surface area contributed by atoms with E-state index in [1.54, 1.807) is 17.4 Å². The molecule has 0 amide bonds. The summed E-state index contributed by atoms with van der Waals surface area (Å²) in [6, 6.07) is 21.6. The zero-order valence-corrected chi connectivity index (χ0v) is 15.7. The van der Waals surface area contributed by atoms with Gasteiger partial charge >= 0.3 is 0 Å². The first kappa shape index (κ1) is 17.2. The van der Waals surface area contributed by atoms with E-state index in [4.69, 9.17) is 5.10 Å². The van der Waals surface area contributed by atoms with E-state index in [0.717, 1.165) is 27.4 Å². The minimum absolute atomic E-state index is 0.0143. The molecule has 27 heavy (non-hydrogen) atoms. The molecule has 0 fully saturated rings. The summed E-state index contributed by atoms with van der Waals surface area (Å²) in [6.45, 7) is 2.01. The van der Waals surface area contributed by atoms with Crippen LogP contribution >= 0.6 is 11.3 Å². The van der Waals surface area contributed by atoms with Gasteiger partial charge in [0.2, 0.25) is 0 Å². The minimum Gasteiger partial charge on any atom is -0.289 e. The number of hydrogen-bond acceptors (Lipinski definition) is 3. The van der Waals surface area contributed by atoms with E-state index >= 15 is 0 Å². The largest absolute Gasteiger partial charge is 0.289 e. The number of rotatable bonds is 5. The summed E-state index contributed by atoms with van der Waals surface area (Å²) < 4.78 is 1.85. The third-order valence-electron chi connectivity index (χ3n) is 4.27. The third kappa shape index (κ3) is 3.81. The molecular formula is C23H18N2OS. The lowest BCUT2D eigenvalue weighted by Gasteiger charge is -1.99. The molecule has 132 valence electrons. The molecule has 0 aliphatic rings. The second-order valence-corrected chi connectivity index (χ2v) is 7.20. The van der Waals surface area contributed by atoms with Gasteiger partial charge in [0.25, 0.3) is 0 Å². The number of aryl methyl sites for hydroxylation is 1. The smallest absolute Gasteiger partial charge is 0.185 e. The second kappa shape index (κ2) is 7.56. The van der Waals surface area contributed by atoms with Crippen molar-refractivity contribution in [2.24, 2.45) is 0 Å². The fourth-order valence-electron chi connectivity index (χ4n) is 2.81. The summed E-state index contributed by atoms with van der Waals surface area (Å²) >= 11 is 1.64. The number of aromatic nitrogens is 2. The highest BCUT2D eigenvalue weighted by atomic mass is 32.1. The van der Waals surface area contributed by atoms with Crippen LogP contribution in [0.15, 0.2) is 84.4 Å². The summed E-state index contributed by atoms with van der Waals surface area (Å²) in [6.07, 6.45) is 5.43. The Labute approximate surface area is 162 Å². The van der Waals surface area contributed by atoms with Gasteiger partial charge in [0.1, 0.15) is 5.69 Å². The number of carbonyl (C=O) groups excluding carboxylic acids is 1. The molecule has 0 saturated heterocycles. The highest BCUT2D eigenvalue weighted by molar-refractivity contribution is 7.13. The molecule has 0 radical (unpaired) electrons. The van der Waals surface area contributed by atoms with Crippen LogP contribution < -0.4 is 0 Å². The van der Waals surface area contributed by atoms with Gasteiger partial charge in [-0.05, 0) is 42.7 Å². The molecule has 0 atom stereocenters. The van der Waals surface area contributed by atoms with Crippen LogP contribution in [-0.2, 0) is 0 Å². The molecule has 4 aromatic rings. The number of ketones is 1. The number of benzene rings is 2. The Bertz CT molecular complexity index is 1080. The van der Waals surface area contributed by atoms with Crippen LogP contribution in [0, 0.1) is 6.92 Å². The van der Waals surface area contributed by atoms with Crippen molar-refractivity contribution >= 4 is 23.2 Å². The first-order valence-corrected chi connectivity index (χ1v) is 9.57. The van der Waals surface area contributed by atoms with Crippen LogP contribution in [0.3, 0.4) is 0 Å². The van der Waals surface area contributed by atoms with Gasteiger partial charge in [-0.15, -0.1) is 11.3 Å². The Morgan fingerprint density at radius 1 is 1.00 bits per heavy atom. The molecule has 0 aliphatic carbocycles. The van der Waals surface area contributed by atoms with Gasteiger partial charge in [0.05, 0.1) is 10.6 Å². The number of thiophene rings is 1. The predicted molar refractivity (Wildman–Crippen MR) is 111 cm³/mol. The first-order chi connectivity index (χ1) is 13.2. The van der Waals surface area contributed by atoms with Gasteiger partial charge in [-0.1, -0.05) is 54.1 Å². The fraction of sp³-hybridized carbons (Fsp3) is 0.0435. The summed E-state index contributed by atoms with van der Waals surface area (Å²) in [5.74, 6) is -0.0143. The van der Waals surface area contributed by atoms with Crippen molar-refractivity contribution in [3.05, 3.63) is 101 Å². The normalized spacial score (nSPS) is 11.1. The van der Waals surface area contributed by atoms with E-state index in [-0.39, 0.29) is 5.78 Å². The lowest BCUT2D eigenvalue weighted by Crippen LogP contribution is -1.93. The Balaban J connectivity index is 1.69. The monoisotopic (exact) mass is 370 g/mol. The van der Waals surface area contributed by atoms with Crippen molar-refractivity contribution in [2.75, 3.05) is 0 Å². The van der Waals surface area contributed by atoms with Gasteiger partial charge in [-0.3, -0.25) is 4.79 Å². The van der Waals surface area contributed by atoms with E-state index in [0.29, 0.717) is 5.56 Å². The predicted octanol–water partition coefficient (Wildman–Crippen LogP) is 5.81. The maximum Gasteiger partial charge on any atom is 0.185 e. The number of hydrogen-bond donors (Lipinski definition) is 0. The van der Waals surface area contributed by atoms with Crippen LogP contribution in [0.5, 0.6) is 0 Å². The Morgan fingerprint density at radius 2 is 1.78 bits per heavy atom. The van der Waals surface area contributed by atoms with E-state index in [9.17, 15) is 4.79 Å². The van der Waals surface area contributed by atoms with Crippen LogP contribution in [0.4, 0.5) is 0 Å². The van der Waals surface area contributed by atoms with Crippen LogP contribution in [0.1, 0.15) is 21.5 Å². The van der Waals surface area contributed by atoms with Crippen LogP contribution in [0.2, 0.25) is 0 Å². The van der Waals surface area contributed by atoms with Gasteiger partial charge < -0.3 is 0 Å². The second-order valence-electron chi connectivity index (χ2n) is 6.25. The third-order valence-corrected chi connectivity index (χ3v) is 5.14. The average molecular weight is 370 g/mol. The summed E-state index contributed by atoms with van der Waals surface area (Å²) in [5, 5.41) is 6.78. The highest BCUT2D eigenvalue weighted by Gasteiger charge is 2.12. The molecule has 3 nitrogen and oxygen atoms in total. The van der Waals surface area contributed by atoms with Crippen molar-refractivity contribution in [3.8, 4) is 16.3 Å². The summed E-state index contributed by atoms with van der Waals surface area (Å²) in [4.78, 5) is 13.6. The molecule has 0 spiro atoms. The van der Waals surface area contributed by atoms with Crippen LogP contribution in [0.25, 0.3) is 22.3 Å². The Morgan fingerprint density at radius 3 is 2.48 bits per heavy atom. The summed E-state index contributed by atoms with van der Waals surface area (Å²) in [5.41, 5.74) is 4.60. The lowest BCUT2D eigenvalue weighted by molar-refractivity contribution is 0.104. The molecule has 0 aliphatic heterocycles. The van der Waals surface area contributed by atoms with E-state index in [1.165, 1.54) is 0 Å². The van der Waals surface area contributed by atoms with Gasteiger partial charge in [0.15, 0.2) is 5.78 Å². The molecule has 4 rings (SSSR count). The maximum absolute atomic E-state index is 12.5. The van der Waals surface area contributed by atoms with Crippen molar-refractivity contribution in [2.45, 2.75) is 6.92 Å². The molecule has 0 saturated carbocycles. The fourth-order valence-corrected chi connectivity index (χ4v) is 3.54. The number of allylic oxidation sites excluding steroid dienone is 1. The van der Waals surface area contributed by atoms with Crippen molar-refractivity contribution in [1.82, 2.24) is 9.78 Å². The Hall–Kier alpha value is -3.24. The lowest BCUT2D eigenvalue weighted by atomic mass is 10.1. The van der Waals surface area contributed by atoms with Gasteiger partial charge in [-0.2, -0.15) is 5.10 Å². The SMILES string of the molecule is Cc1ccc(C(=O)/C=C\c2cn(-c3ccccc3)nc2-c2cccs2)cc1.